The van der Waals surface area contributed by atoms with Crippen LogP contribution in [0.15, 0.2) is 54.6 Å². The van der Waals surface area contributed by atoms with Crippen LogP contribution in [0.3, 0.4) is 0 Å². The largest absolute Gasteiger partial charge is 0.352 e. The lowest BCUT2D eigenvalue weighted by Crippen LogP contribution is -2.24. The van der Waals surface area contributed by atoms with Crippen molar-refractivity contribution in [2.45, 2.75) is 46.0 Å². The van der Waals surface area contributed by atoms with Crippen LogP contribution in [0.4, 0.5) is 0 Å². The zero-order valence-electron chi connectivity index (χ0n) is 16.3. The van der Waals surface area contributed by atoms with Crippen LogP contribution in [0, 0.1) is 6.92 Å². The predicted molar refractivity (Wildman–Crippen MR) is 113 cm³/mol. The van der Waals surface area contributed by atoms with Gasteiger partial charge in [0.2, 0.25) is 0 Å². The van der Waals surface area contributed by atoms with E-state index >= 15 is 0 Å². The number of carbonyl (C=O) groups excluding carboxylic acids is 1. The lowest BCUT2D eigenvalue weighted by atomic mass is 10.0. The second-order valence-corrected chi connectivity index (χ2v) is 7.06. The molecule has 0 saturated heterocycles. The van der Waals surface area contributed by atoms with Gasteiger partial charge in [-0.25, -0.2) is 4.98 Å². The van der Waals surface area contributed by atoms with Gasteiger partial charge in [-0.1, -0.05) is 75.1 Å². The fraction of sp³-hybridized carbons (Fsp3) is 0.333. The van der Waals surface area contributed by atoms with E-state index in [2.05, 4.69) is 31.3 Å². The summed E-state index contributed by atoms with van der Waals surface area (Å²) in [7, 11) is 0. The van der Waals surface area contributed by atoms with Gasteiger partial charge in [-0.2, -0.15) is 0 Å². The molecule has 1 heterocycles. The van der Waals surface area contributed by atoms with Crippen LogP contribution in [0.1, 0.15) is 54.9 Å². The number of aryl methyl sites for hydroxylation is 1. The van der Waals surface area contributed by atoms with E-state index in [1.165, 1.54) is 25.7 Å². The number of benzene rings is 2. The third kappa shape index (κ3) is 4.73. The van der Waals surface area contributed by atoms with Crippen LogP contribution >= 0.6 is 0 Å². The Kier molecular flexibility index (Phi) is 6.59. The smallest absolute Gasteiger partial charge is 0.252 e. The summed E-state index contributed by atoms with van der Waals surface area (Å²) in [6.07, 6.45) is 5.93. The molecule has 0 bridgehead atoms. The summed E-state index contributed by atoms with van der Waals surface area (Å²) in [5, 5.41) is 4.00. The van der Waals surface area contributed by atoms with Gasteiger partial charge in [0.15, 0.2) is 0 Å². The van der Waals surface area contributed by atoms with Crippen LogP contribution in [-0.4, -0.2) is 17.4 Å². The van der Waals surface area contributed by atoms with Crippen molar-refractivity contribution < 1.29 is 4.79 Å². The highest BCUT2D eigenvalue weighted by atomic mass is 16.1. The molecular formula is C24H28N2O. The Morgan fingerprint density at radius 3 is 2.52 bits per heavy atom. The van der Waals surface area contributed by atoms with Crippen LogP contribution in [0.25, 0.3) is 22.2 Å². The number of fused-ring (bicyclic) bond motifs is 1. The number of rotatable bonds is 8. The van der Waals surface area contributed by atoms with Gasteiger partial charge < -0.3 is 5.32 Å². The molecule has 27 heavy (non-hydrogen) atoms. The summed E-state index contributed by atoms with van der Waals surface area (Å²) in [5.74, 6) is -0.0149. The third-order valence-corrected chi connectivity index (χ3v) is 4.95. The highest BCUT2D eigenvalue weighted by molar-refractivity contribution is 6.07. The lowest BCUT2D eigenvalue weighted by molar-refractivity contribution is 0.0954. The molecule has 140 valence electrons. The molecule has 0 atom stereocenters. The first-order chi connectivity index (χ1) is 13.2. The van der Waals surface area contributed by atoms with Gasteiger partial charge in [0, 0.05) is 17.5 Å². The minimum atomic E-state index is -0.0149. The number of pyridine rings is 1. The van der Waals surface area contributed by atoms with E-state index < -0.39 is 0 Å². The average Bonchev–Trinajstić information content (AvgIpc) is 2.70. The first-order valence-electron chi connectivity index (χ1n) is 9.94. The Balaban J connectivity index is 1.85. The van der Waals surface area contributed by atoms with Crippen LogP contribution in [0.2, 0.25) is 0 Å². The molecule has 0 fully saturated rings. The maximum Gasteiger partial charge on any atom is 0.252 e. The first kappa shape index (κ1) is 19.1. The number of nitrogens with one attached hydrogen (secondary N) is 1. The monoisotopic (exact) mass is 360 g/mol. The summed E-state index contributed by atoms with van der Waals surface area (Å²) < 4.78 is 0. The van der Waals surface area contributed by atoms with E-state index in [9.17, 15) is 4.79 Å². The number of para-hydroxylation sites is 1. The van der Waals surface area contributed by atoms with E-state index in [0.717, 1.165) is 40.7 Å². The topological polar surface area (TPSA) is 42.0 Å². The fourth-order valence-electron chi connectivity index (χ4n) is 3.39. The number of hydrogen-bond acceptors (Lipinski definition) is 2. The molecule has 0 unspecified atom stereocenters. The number of hydrogen-bond donors (Lipinski definition) is 1. The molecule has 1 N–H and O–H groups in total. The molecule has 1 amide bonds. The second-order valence-electron chi connectivity index (χ2n) is 7.06. The van der Waals surface area contributed by atoms with E-state index in [1.54, 1.807) is 0 Å². The van der Waals surface area contributed by atoms with Crippen LogP contribution in [0.5, 0.6) is 0 Å². The average molecular weight is 361 g/mol. The van der Waals surface area contributed by atoms with Crippen molar-refractivity contribution in [1.82, 2.24) is 10.3 Å². The Morgan fingerprint density at radius 2 is 1.70 bits per heavy atom. The zero-order valence-corrected chi connectivity index (χ0v) is 16.3. The summed E-state index contributed by atoms with van der Waals surface area (Å²) in [6, 6.07) is 18.0. The van der Waals surface area contributed by atoms with Crippen LogP contribution in [-0.2, 0) is 0 Å². The summed E-state index contributed by atoms with van der Waals surface area (Å²) in [4.78, 5) is 17.7. The van der Waals surface area contributed by atoms with Gasteiger partial charge in [-0.3, -0.25) is 4.79 Å². The minimum Gasteiger partial charge on any atom is -0.352 e. The molecule has 0 radical (unpaired) electrons. The van der Waals surface area contributed by atoms with Gasteiger partial charge >= 0.3 is 0 Å². The Labute approximate surface area is 161 Å². The molecule has 3 heteroatoms. The van der Waals surface area contributed by atoms with Gasteiger partial charge in [-0.05, 0) is 31.0 Å². The highest BCUT2D eigenvalue weighted by Crippen LogP contribution is 2.27. The van der Waals surface area contributed by atoms with Crippen molar-refractivity contribution in [3.05, 3.63) is 65.7 Å². The van der Waals surface area contributed by atoms with Gasteiger partial charge in [0.1, 0.15) is 0 Å². The van der Waals surface area contributed by atoms with Gasteiger partial charge in [0.05, 0.1) is 16.8 Å². The summed E-state index contributed by atoms with van der Waals surface area (Å²) in [5.41, 5.74) is 4.62. The Hall–Kier alpha value is -2.68. The van der Waals surface area contributed by atoms with Crippen molar-refractivity contribution in [3.8, 4) is 11.3 Å². The van der Waals surface area contributed by atoms with E-state index in [-0.39, 0.29) is 5.91 Å². The number of nitrogens with zero attached hydrogens (tertiary/aromatic N) is 1. The van der Waals surface area contributed by atoms with Crippen molar-refractivity contribution in [1.29, 1.82) is 0 Å². The molecule has 3 rings (SSSR count). The molecule has 0 spiro atoms. The molecule has 3 aromatic rings. The highest BCUT2D eigenvalue weighted by Gasteiger charge is 2.14. The molecule has 0 saturated carbocycles. The van der Waals surface area contributed by atoms with E-state index in [4.69, 9.17) is 4.98 Å². The standard InChI is InChI=1S/C24H28N2O/c1-3-4-5-6-11-16-25-24(27)21-17-23(19-13-8-7-12-18(19)2)26-22-15-10-9-14-20(21)22/h7-10,12-15,17H,3-6,11,16H2,1-2H3,(H,25,27). The maximum atomic E-state index is 12.9. The van der Waals surface area contributed by atoms with E-state index in [1.807, 2.05) is 42.5 Å². The molecular weight excluding hydrogens is 332 g/mol. The normalized spacial score (nSPS) is 10.9. The van der Waals surface area contributed by atoms with Gasteiger partial charge in [0.25, 0.3) is 5.91 Å². The first-order valence-corrected chi connectivity index (χ1v) is 9.94. The number of unbranched alkanes of at least 4 members (excludes halogenated alkanes) is 4. The van der Waals surface area contributed by atoms with Gasteiger partial charge in [-0.15, -0.1) is 0 Å². The molecule has 2 aromatic carbocycles. The number of aromatic nitrogens is 1. The SMILES string of the molecule is CCCCCCCNC(=O)c1cc(-c2ccccc2C)nc2ccccc12. The summed E-state index contributed by atoms with van der Waals surface area (Å²) >= 11 is 0. The molecule has 1 aromatic heterocycles. The van der Waals surface area contributed by atoms with Crippen molar-refractivity contribution in [3.63, 3.8) is 0 Å². The Morgan fingerprint density at radius 1 is 0.963 bits per heavy atom. The molecule has 0 aliphatic heterocycles. The molecule has 3 nitrogen and oxygen atoms in total. The van der Waals surface area contributed by atoms with Crippen molar-refractivity contribution in [2.24, 2.45) is 0 Å². The zero-order chi connectivity index (χ0) is 19.1. The third-order valence-electron chi connectivity index (χ3n) is 4.95. The molecule has 0 aliphatic rings. The quantitative estimate of drug-likeness (QED) is 0.507. The minimum absolute atomic E-state index is 0.0149. The van der Waals surface area contributed by atoms with Crippen molar-refractivity contribution in [2.75, 3.05) is 6.54 Å². The fourth-order valence-corrected chi connectivity index (χ4v) is 3.39. The lowest BCUT2D eigenvalue weighted by Gasteiger charge is -2.12. The predicted octanol–water partition coefficient (Wildman–Crippen LogP) is 5.91. The van der Waals surface area contributed by atoms with Crippen molar-refractivity contribution >= 4 is 16.8 Å². The summed E-state index contributed by atoms with van der Waals surface area (Å²) in [6.45, 7) is 5.00. The second kappa shape index (κ2) is 9.31. The number of carbonyl (C=O) groups is 1. The van der Waals surface area contributed by atoms with Crippen LogP contribution < -0.4 is 5.32 Å². The Bertz CT molecular complexity index is 917. The maximum absolute atomic E-state index is 12.9. The van der Waals surface area contributed by atoms with E-state index in [0.29, 0.717) is 5.56 Å². The number of amides is 1. The molecule has 0 aliphatic carbocycles.